The number of amides is 2. The number of para-hydroxylation sites is 2. The van der Waals surface area contributed by atoms with Crippen LogP contribution in [-0.2, 0) is 19.8 Å². The molecule has 0 fully saturated rings. The van der Waals surface area contributed by atoms with E-state index < -0.39 is 28.6 Å². The second-order valence-electron chi connectivity index (χ2n) is 8.90. The Labute approximate surface area is 237 Å². The summed E-state index contributed by atoms with van der Waals surface area (Å²) in [6, 6.07) is 9.25. The molecule has 1 aromatic carbocycles. The highest BCUT2D eigenvalue weighted by molar-refractivity contribution is 7.21. The number of hydrogen-bond donors (Lipinski definition) is 2. The minimum absolute atomic E-state index is 0.00954. The fraction of sp³-hybridized carbons (Fsp3) is 0.154. The Morgan fingerprint density at radius 3 is 2.60 bits per heavy atom. The number of fused-ring (bicyclic) bond motifs is 1. The van der Waals surface area contributed by atoms with Crippen LogP contribution in [0.3, 0.4) is 0 Å². The maximum Gasteiger partial charge on any atom is 0.433 e. The standard InChI is InChI=1S/C26H19F3N6O6S/c1-12-15(10-31-34(12)2)14-9-19(26(27,28)29)32-25-20(14)21(22(42-25)23(30)36)33-24(37)18-8-7-13(41-18)11-40-17-6-4-3-5-16(17)35(38)39/h3-10H,11H2,1-2H3,(H2,30,36)(H,33,37). The van der Waals surface area contributed by atoms with E-state index in [0.29, 0.717) is 22.6 Å². The number of pyridine rings is 1. The van der Waals surface area contributed by atoms with E-state index in [0.717, 1.165) is 6.07 Å². The Hall–Kier alpha value is -5.25. The van der Waals surface area contributed by atoms with Crippen molar-refractivity contribution in [2.24, 2.45) is 12.8 Å². The van der Waals surface area contributed by atoms with Gasteiger partial charge in [-0.3, -0.25) is 24.4 Å². The van der Waals surface area contributed by atoms with Crippen molar-refractivity contribution in [3.63, 3.8) is 0 Å². The minimum Gasteiger partial charge on any atom is -0.479 e. The SMILES string of the molecule is Cc1c(-c2cc(C(F)(F)F)nc3sc(C(N)=O)c(NC(=O)c4ccc(COc5ccccc5[N+](=O)[O-])o4)c23)cnn1C. The predicted molar refractivity (Wildman–Crippen MR) is 144 cm³/mol. The van der Waals surface area contributed by atoms with Crippen molar-refractivity contribution in [1.29, 1.82) is 0 Å². The van der Waals surface area contributed by atoms with Crippen molar-refractivity contribution in [3.8, 4) is 16.9 Å². The molecule has 4 heterocycles. The average Bonchev–Trinajstić information content (AvgIpc) is 3.64. The number of carbonyl (C=O) groups excluding carboxylic acids is 2. The molecule has 2 amide bonds. The summed E-state index contributed by atoms with van der Waals surface area (Å²) in [5.41, 5.74) is 4.83. The van der Waals surface area contributed by atoms with Crippen molar-refractivity contribution < 1.29 is 36.8 Å². The molecule has 3 N–H and O–H groups in total. The first-order chi connectivity index (χ1) is 19.8. The molecule has 0 aliphatic carbocycles. The third-order valence-electron chi connectivity index (χ3n) is 6.26. The van der Waals surface area contributed by atoms with E-state index in [2.05, 4.69) is 15.4 Å². The van der Waals surface area contributed by atoms with E-state index in [4.69, 9.17) is 14.9 Å². The van der Waals surface area contributed by atoms with E-state index >= 15 is 0 Å². The second kappa shape index (κ2) is 10.6. The molecule has 16 heteroatoms. The van der Waals surface area contributed by atoms with Crippen LogP contribution in [0.5, 0.6) is 5.75 Å². The zero-order valence-corrected chi connectivity index (χ0v) is 22.5. The average molecular weight is 601 g/mol. The van der Waals surface area contributed by atoms with Gasteiger partial charge in [-0.05, 0) is 36.8 Å². The number of thiophene rings is 1. The molecule has 0 bridgehead atoms. The molecule has 0 atom stereocenters. The molecule has 0 aliphatic rings. The van der Waals surface area contributed by atoms with Gasteiger partial charge in [-0.15, -0.1) is 11.3 Å². The van der Waals surface area contributed by atoms with Gasteiger partial charge in [-0.25, -0.2) is 4.98 Å². The van der Waals surface area contributed by atoms with Crippen LogP contribution in [0.15, 0.2) is 53.1 Å². The normalized spacial score (nSPS) is 11.5. The van der Waals surface area contributed by atoms with E-state index in [1.807, 2.05) is 0 Å². The van der Waals surface area contributed by atoms with Crippen LogP contribution in [-0.4, -0.2) is 31.5 Å². The van der Waals surface area contributed by atoms with Crippen LogP contribution in [0.1, 0.15) is 37.4 Å². The Morgan fingerprint density at radius 1 is 1.21 bits per heavy atom. The quantitative estimate of drug-likeness (QED) is 0.175. The van der Waals surface area contributed by atoms with E-state index in [-0.39, 0.29) is 55.9 Å². The highest BCUT2D eigenvalue weighted by Crippen LogP contribution is 2.44. The first kappa shape index (κ1) is 28.3. The molecule has 0 aliphatic heterocycles. The first-order valence-corrected chi connectivity index (χ1v) is 12.8. The highest BCUT2D eigenvalue weighted by Gasteiger charge is 2.35. The van der Waals surface area contributed by atoms with E-state index in [9.17, 15) is 32.9 Å². The number of nitrogens with two attached hydrogens (primary N) is 1. The van der Waals surface area contributed by atoms with Gasteiger partial charge in [0, 0.05) is 29.8 Å². The summed E-state index contributed by atoms with van der Waals surface area (Å²) < 4.78 is 53.7. The second-order valence-corrected chi connectivity index (χ2v) is 9.90. The summed E-state index contributed by atoms with van der Waals surface area (Å²) in [7, 11) is 1.61. The number of alkyl halides is 3. The Kier molecular flexibility index (Phi) is 7.15. The Morgan fingerprint density at radius 2 is 1.95 bits per heavy atom. The van der Waals surface area contributed by atoms with Gasteiger partial charge in [0.15, 0.2) is 11.5 Å². The Balaban J connectivity index is 1.52. The number of furan rings is 1. The van der Waals surface area contributed by atoms with Gasteiger partial charge in [0.05, 0.1) is 16.8 Å². The van der Waals surface area contributed by atoms with Crippen LogP contribution < -0.4 is 15.8 Å². The predicted octanol–water partition coefficient (Wildman–Crippen LogP) is 5.46. The van der Waals surface area contributed by atoms with Gasteiger partial charge in [-0.2, -0.15) is 18.3 Å². The summed E-state index contributed by atoms with van der Waals surface area (Å²) in [6.45, 7) is 1.40. The first-order valence-electron chi connectivity index (χ1n) is 11.9. The van der Waals surface area contributed by atoms with Gasteiger partial charge in [0.1, 0.15) is 27.8 Å². The summed E-state index contributed by atoms with van der Waals surface area (Å²) >= 11 is 0.602. The third-order valence-corrected chi connectivity index (χ3v) is 7.36. The lowest BCUT2D eigenvalue weighted by Gasteiger charge is -2.12. The maximum absolute atomic E-state index is 13.8. The van der Waals surface area contributed by atoms with E-state index in [1.165, 1.54) is 41.2 Å². The van der Waals surface area contributed by atoms with Gasteiger partial charge in [-0.1, -0.05) is 12.1 Å². The number of aryl methyl sites for hydroxylation is 1. The molecular formula is C26H19F3N6O6S. The monoisotopic (exact) mass is 600 g/mol. The number of aromatic nitrogens is 3. The van der Waals surface area contributed by atoms with Gasteiger partial charge in [0.2, 0.25) is 0 Å². The summed E-state index contributed by atoms with van der Waals surface area (Å²) in [5.74, 6) is -1.93. The largest absolute Gasteiger partial charge is 0.479 e. The molecule has 12 nitrogen and oxygen atoms in total. The number of rotatable bonds is 8. The van der Waals surface area contributed by atoms with Crippen molar-refractivity contribution in [3.05, 3.63) is 86.6 Å². The fourth-order valence-corrected chi connectivity index (χ4v) is 5.15. The summed E-state index contributed by atoms with van der Waals surface area (Å²) in [4.78, 5) is 39.4. The molecule has 216 valence electrons. The van der Waals surface area contributed by atoms with E-state index in [1.54, 1.807) is 20.0 Å². The lowest BCUT2D eigenvalue weighted by molar-refractivity contribution is -0.386. The summed E-state index contributed by atoms with van der Waals surface area (Å²) in [6.07, 6.45) is -3.43. The van der Waals surface area contributed by atoms with Crippen molar-refractivity contribution in [1.82, 2.24) is 14.8 Å². The topological polar surface area (TPSA) is 168 Å². The van der Waals surface area contributed by atoms with Gasteiger partial charge < -0.3 is 20.2 Å². The lowest BCUT2D eigenvalue weighted by atomic mass is 10.0. The molecule has 0 saturated heterocycles. The number of nitro benzene ring substituents is 1. The van der Waals surface area contributed by atoms with Crippen LogP contribution >= 0.6 is 11.3 Å². The molecular weight excluding hydrogens is 581 g/mol. The number of ether oxygens (including phenoxy) is 1. The zero-order chi connectivity index (χ0) is 30.3. The number of nitro groups is 1. The van der Waals surface area contributed by atoms with Crippen LogP contribution in [0.25, 0.3) is 21.3 Å². The molecule has 5 rings (SSSR count). The molecule has 0 radical (unpaired) electrons. The number of halogens is 3. The fourth-order valence-electron chi connectivity index (χ4n) is 4.14. The van der Waals surface area contributed by atoms with Crippen LogP contribution in [0.4, 0.5) is 24.5 Å². The maximum atomic E-state index is 13.8. The molecule has 5 aromatic rings. The molecule has 0 unspecified atom stereocenters. The number of nitrogens with one attached hydrogen (secondary N) is 1. The van der Waals surface area contributed by atoms with Gasteiger partial charge in [0.25, 0.3) is 11.8 Å². The number of benzene rings is 1. The van der Waals surface area contributed by atoms with Crippen LogP contribution in [0.2, 0.25) is 0 Å². The summed E-state index contributed by atoms with van der Waals surface area (Å²) in [5, 5.41) is 17.9. The molecule has 4 aromatic heterocycles. The zero-order valence-electron chi connectivity index (χ0n) is 21.7. The number of primary amides is 1. The Bertz CT molecular complexity index is 1880. The highest BCUT2D eigenvalue weighted by atomic mass is 32.1. The van der Waals surface area contributed by atoms with Crippen molar-refractivity contribution in [2.45, 2.75) is 19.7 Å². The van der Waals surface area contributed by atoms with Crippen molar-refractivity contribution >= 4 is 44.7 Å². The van der Waals surface area contributed by atoms with Gasteiger partial charge >= 0.3 is 11.9 Å². The number of anilines is 1. The van der Waals surface area contributed by atoms with Crippen LogP contribution in [0, 0.1) is 17.0 Å². The lowest BCUT2D eigenvalue weighted by Crippen LogP contribution is -2.16. The molecule has 42 heavy (non-hydrogen) atoms. The minimum atomic E-state index is -4.80. The smallest absolute Gasteiger partial charge is 0.433 e. The number of carbonyl (C=O) groups is 2. The molecule has 0 saturated carbocycles. The van der Waals surface area contributed by atoms with Crippen molar-refractivity contribution in [2.75, 3.05) is 5.32 Å². The molecule has 0 spiro atoms. The number of nitrogens with zero attached hydrogens (tertiary/aromatic N) is 4. The third kappa shape index (κ3) is 5.26. The number of hydrogen-bond acceptors (Lipinski definition) is 9.